The molecule has 0 aliphatic heterocycles. The number of benzene rings is 1. The zero-order valence-corrected chi connectivity index (χ0v) is 11.9. The van der Waals surface area contributed by atoms with E-state index >= 15 is 0 Å². The van der Waals surface area contributed by atoms with Gasteiger partial charge in [0.1, 0.15) is 11.6 Å². The zero-order chi connectivity index (χ0) is 14.8. The number of nitrogens with one attached hydrogen (secondary N) is 1. The smallest absolute Gasteiger partial charge is 0.226 e. The van der Waals surface area contributed by atoms with Gasteiger partial charge in [-0.2, -0.15) is 0 Å². The van der Waals surface area contributed by atoms with Crippen LogP contribution in [0.15, 0.2) is 28.7 Å². The lowest BCUT2D eigenvalue weighted by molar-refractivity contribution is -0.122. The van der Waals surface area contributed by atoms with Crippen LogP contribution in [-0.4, -0.2) is 17.4 Å². The Kier molecular flexibility index (Phi) is 3.73. The van der Waals surface area contributed by atoms with E-state index in [1.54, 1.807) is 12.1 Å². The van der Waals surface area contributed by atoms with Crippen LogP contribution in [0.25, 0.3) is 11.5 Å². The standard InChI is InChI=1S/C16H17FN2O2/c1-10-14(8-9-18-15(20)11-2-3-11)19-16(21-10)12-4-6-13(17)7-5-12/h4-7,11H,2-3,8-9H2,1H3,(H,18,20). The number of carbonyl (C=O) groups is 1. The summed E-state index contributed by atoms with van der Waals surface area (Å²) in [5.41, 5.74) is 1.57. The number of carbonyl (C=O) groups excluding carboxylic acids is 1. The van der Waals surface area contributed by atoms with Crippen molar-refractivity contribution in [2.45, 2.75) is 26.2 Å². The molecule has 0 radical (unpaired) electrons. The van der Waals surface area contributed by atoms with Crippen molar-refractivity contribution in [1.82, 2.24) is 10.3 Å². The van der Waals surface area contributed by atoms with Crippen molar-refractivity contribution in [3.63, 3.8) is 0 Å². The van der Waals surface area contributed by atoms with E-state index < -0.39 is 0 Å². The lowest BCUT2D eigenvalue weighted by Gasteiger charge is -2.01. The maximum Gasteiger partial charge on any atom is 0.226 e. The summed E-state index contributed by atoms with van der Waals surface area (Å²) in [5, 5.41) is 2.91. The van der Waals surface area contributed by atoms with Gasteiger partial charge in [-0.15, -0.1) is 0 Å². The van der Waals surface area contributed by atoms with Crippen LogP contribution in [0.5, 0.6) is 0 Å². The number of rotatable bonds is 5. The first kappa shape index (κ1) is 13.8. The molecule has 1 fully saturated rings. The van der Waals surface area contributed by atoms with Gasteiger partial charge in [0.25, 0.3) is 0 Å². The van der Waals surface area contributed by atoms with Crippen LogP contribution in [-0.2, 0) is 11.2 Å². The van der Waals surface area contributed by atoms with Crippen LogP contribution in [0.3, 0.4) is 0 Å². The fraction of sp³-hybridized carbons (Fsp3) is 0.375. The number of hydrogen-bond acceptors (Lipinski definition) is 3. The molecule has 0 unspecified atom stereocenters. The lowest BCUT2D eigenvalue weighted by atomic mass is 10.2. The number of oxazole rings is 1. The summed E-state index contributed by atoms with van der Waals surface area (Å²) < 4.78 is 18.5. The van der Waals surface area contributed by atoms with Crippen LogP contribution in [0.4, 0.5) is 4.39 Å². The zero-order valence-electron chi connectivity index (χ0n) is 11.9. The van der Waals surface area contributed by atoms with E-state index in [1.807, 2.05) is 6.92 Å². The van der Waals surface area contributed by atoms with Gasteiger partial charge in [0.05, 0.1) is 5.69 Å². The summed E-state index contributed by atoms with van der Waals surface area (Å²) in [4.78, 5) is 16.0. The Labute approximate surface area is 122 Å². The van der Waals surface area contributed by atoms with Crippen molar-refractivity contribution in [3.8, 4) is 11.5 Å². The minimum absolute atomic E-state index is 0.134. The molecular formula is C16H17FN2O2. The third kappa shape index (κ3) is 3.29. The molecule has 110 valence electrons. The summed E-state index contributed by atoms with van der Waals surface area (Å²) in [6, 6.07) is 6.04. The van der Waals surface area contributed by atoms with Crippen LogP contribution in [0.1, 0.15) is 24.3 Å². The highest BCUT2D eigenvalue weighted by molar-refractivity contribution is 5.80. The van der Waals surface area contributed by atoms with Gasteiger partial charge in [0.2, 0.25) is 11.8 Å². The fourth-order valence-electron chi connectivity index (χ4n) is 2.17. The number of hydrogen-bond donors (Lipinski definition) is 1. The van der Waals surface area contributed by atoms with Gasteiger partial charge >= 0.3 is 0 Å². The molecule has 1 N–H and O–H groups in total. The summed E-state index contributed by atoms with van der Waals surface area (Å²) in [5.74, 6) is 1.28. The van der Waals surface area contributed by atoms with Crippen molar-refractivity contribution in [2.24, 2.45) is 5.92 Å². The molecule has 0 spiro atoms. The van der Waals surface area contributed by atoms with Crippen molar-refractivity contribution >= 4 is 5.91 Å². The van der Waals surface area contributed by atoms with Gasteiger partial charge in [-0.05, 0) is 44.0 Å². The Morgan fingerprint density at radius 1 is 1.38 bits per heavy atom. The molecule has 21 heavy (non-hydrogen) atoms. The van der Waals surface area contributed by atoms with E-state index in [0.29, 0.717) is 18.9 Å². The number of aromatic nitrogens is 1. The molecule has 1 aliphatic carbocycles. The Morgan fingerprint density at radius 2 is 2.10 bits per heavy atom. The molecule has 2 aromatic rings. The fourth-order valence-corrected chi connectivity index (χ4v) is 2.17. The first-order valence-corrected chi connectivity index (χ1v) is 7.13. The predicted octanol–water partition coefficient (Wildman–Crippen LogP) is 2.86. The molecule has 4 nitrogen and oxygen atoms in total. The largest absolute Gasteiger partial charge is 0.441 e. The van der Waals surface area contributed by atoms with Gasteiger partial charge < -0.3 is 9.73 Å². The highest BCUT2D eigenvalue weighted by atomic mass is 19.1. The molecule has 5 heteroatoms. The molecule has 1 amide bonds. The molecule has 0 saturated heterocycles. The maximum absolute atomic E-state index is 12.9. The van der Waals surface area contributed by atoms with E-state index in [2.05, 4.69) is 10.3 Å². The van der Waals surface area contributed by atoms with Gasteiger partial charge in [-0.1, -0.05) is 0 Å². The summed E-state index contributed by atoms with van der Waals surface area (Å²) in [6.45, 7) is 2.41. The minimum atomic E-state index is -0.287. The van der Waals surface area contributed by atoms with E-state index in [4.69, 9.17) is 4.42 Å². The van der Waals surface area contributed by atoms with Gasteiger partial charge in [0, 0.05) is 24.4 Å². The Morgan fingerprint density at radius 3 is 2.76 bits per heavy atom. The molecule has 1 aromatic heterocycles. The van der Waals surface area contributed by atoms with Crippen molar-refractivity contribution in [1.29, 1.82) is 0 Å². The molecule has 0 bridgehead atoms. The molecule has 1 saturated carbocycles. The number of aryl methyl sites for hydroxylation is 1. The van der Waals surface area contributed by atoms with Crippen LogP contribution >= 0.6 is 0 Å². The first-order chi connectivity index (χ1) is 10.1. The summed E-state index contributed by atoms with van der Waals surface area (Å²) in [6.07, 6.45) is 2.64. The Balaban J connectivity index is 1.63. The average Bonchev–Trinajstić information content (AvgIpc) is 3.25. The van der Waals surface area contributed by atoms with Crippen molar-refractivity contribution < 1.29 is 13.6 Å². The molecular weight excluding hydrogens is 271 g/mol. The average molecular weight is 288 g/mol. The van der Waals surface area contributed by atoms with Gasteiger partial charge in [0.15, 0.2) is 0 Å². The first-order valence-electron chi connectivity index (χ1n) is 7.13. The monoisotopic (exact) mass is 288 g/mol. The third-order valence-electron chi connectivity index (χ3n) is 3.59. The molecule has 1 aromatic carbocycles. The second-order valence-electron chi connectivity index (χ2n) is 5.34. The Hall–Kier alpha value is -2.17. The maximum atomic E-state index is 12.9. The molecule has 1 aliphatic rings. The molecule has 1 heterocycles. The van der Waals surface area contributed by atoms with Gasteiger partial charge in [-0.25, -0.2) is 9.37 Å². The Bertz CT molecular complexity index is 645. The van der Waals surface area contributed by atoms with Crippen LogP contribution < -0.4 is 5.32 Å². The molecule has 0 atom stereocenters. The number of halogens is 1. The minimum Gasteiger partial charge on any atom is -0.441 e. The SMILES string of the molecule is Cc1oc(-c2ccc(F)cc2)nc1CCNC(=O)C1CC1. The topological polar surface area (TPSA) is 55.1 Å². The third-order valence-corrected chi connectivity index (χ3v) is 3.59. The highest BCUT2D eigenvalue weighted by Gasteiger charge is 2.29. The molecule has 3 rings (SSSR count). The number of amides is 1. The van der Waals surface area contributed by atoms with Gasteiger partial charge in [-0.3, -0.25) is 4.79 Å². The summed E-state index contributed by atoms with van der Waals surface area (Å²) >= 11 is 0. The summed E-state index contributed by atoms with van der Waals surface area (Å²) in [7, 11) is 0. The quantitative estimate of drug-likeness (QED) is 0.920. The van der Waals surface area contributed by atoms with Crippen LogP contribution in [0.2, 0.25) is 0 Å². The normalized spacial score (nSPS) is 14.2. The van der Waals surface area contributed by atoms with Crippen molar-refractivity contribution in [3.05, 3.63) is 41.5 Å². The van der Waals surface area contributed by atoms with E-state index in [0.717, 1.165) is 29.9 Å². The lowest BCUT2D eigenvalue weighted by Crippen LogP contribution is -2.27. The van der Waals surface area contributed by atoms with Crippen molar-refractivity contribution in [2.75, 3.05) is 6.54 Å². The van der Waals surface area contributed by atoms with E-state index in [9.17, 15) is 9.18 Å². The second-order valence-corrected chi connectivity index (χ2v) is 5.34. The van der Waals surface area contributed by atoms with Crippen LogP contribution in [0, 0.1) is 18.7 Å². The second kappa shape index (κ2) is 5.68. The highest BCUT2D eigenvalue weighted by Crippen LogP contribution is 2.28. The van der Waals surface area contributed by atoms with E-state index in [-0.39, 0.29) is 17.6 Å². The van der Waals surface area contributed by atoms with E-state index in [1.165, 1.54) is 12.1 Å². The predicted molar refractivity (Wildman–Crippen MR) is 76.1 cm³/mol. The number of nitrogens with zero attached hydrogens (tertiary/aromatic N) is 1.